The lowest BCUT2D eigenvalue weighted by Crippen LogP contribution is -2.21. The molecule has 10 heavy (non-hydrogen) atoms. The van der Waals surface area contributed by atoms with Gasteiger partial charge in [0.25, 0.3) is 0 Å². The van der Waals surface area contributed by atoms with E-state index >= 15 is 0 Å². The third kappa shape index (κ3) is 6.86. The van der Waals surface area contributed by atoms with Crippen LogP contribution in [0.1, 0.15) is 12.8 Å². The van der Waals surface area contributed by atoms with Gasteiger partial charge >= 0.3 is 0 Å². The van der Waals surface area contributed by atoms with Crippen LogP contribution < -0.4 is 17.4 Å². The van der Waals surface area contributed by atoms with Gasteiger partial charge in [-0.3, -0.25) is 14.8 Å². The SMILES string of the molecule is N.NC(=O)CCC(=O)NO. The third-order valence-corrected chi connectivity index (χ3v) is 0.723. The second kappa shape index (κ2) is 5.99. The summed E-state index contributed by atoms with van der Waals surface area (Å²) < 4.78 is 0. The number of hydrogen-bond donors (Lipinski definition) is 4. The average molecular weight is 149 g/mol. The van der Waals surface area contributed by atoms with Crippen molar-refractivity contribution in [3.63, 3.8) is 0 Å². The first-order valence-corrected chi connectivity index (χ1v) is 2.38. The predicted molar refractivity (Wildman–Crippen MR) is 33.4 cm³/mol. The van der Waals surface area contributed by atoms with E-state index in [1.54, 1.807) is 0 Å². The van der Waals surface area contributed by atoms with Crippen molar-refractivity contribution in [3.05, 3.63) is 0 Å². The van der Waals surface area contributed by atoms with Crippen LogP contribution in [0.2, 0.25) is 0 Å². The minimum atomic E-state index is -0.603. The van der Waals surface area contributed by atoms with Crippen LogP contribution in [-0.4, -0.2) is 17.0 Å². The van der Waals surface area contributed by atoms with Crippen molar-refractivity contribution >= 4 is 11.8 Å². The van der Waals surface area contributed by atoms with Crippen LogP contribution in [0.3, 0.4) is 0 Å². The lowest BCUT2D eigenvalue weighted by atomic mass is 10.3. The average Bonchev–Trinajstić information content (AvgIpc) is 1.83. The molecule has 0 unspecified atom stereocenters. The predicted octanol–water partition coefficient (Wildman–Crippen LogP) is -1.08. The van der Waals surface area contributed by atoms with Gasteiger partial charge in [0.1, 0.15) is 0 Å². The number of carbonyl (C=O) groups is 2. The van der Waals surface area contributed by atoms with Crippen LogP contribution in [0.4, 0.5) is 0 Å². The van der Waals surface area contributed by atoms with E-state index in [0.717, 1.165) is 0 Å². The van der Waals surface area contributed by atoms with Crippen LogP contribution >= 0.6 is 0 Å². The van der Waals surface area contributed by atoms with Gasteiger partial charge in [-0.1, -0.05) is 0 Å². The molecular weight excluding hydrogens is 138 g/mol. The Kier molecular flexibility index (Phi) is 6.96. The van der Waals surface area contributed by atoms with E-state index in [2.05, 4.69) is 0 Å². The summed E-state index contributed by atoms with van der Waals surface area (Å²) in [5.41, 5.74) is 6.07. The van der Waals surface area contributed by atoms with E-state index in [4.69, 9.17) is 10.9 Å². The molecule has 0 aliphatic carbocycles. The second-order valence-corrected chi connectivity index (χ2v) is 1.50. The third-order valence-electron chi connectivity index (χ3n) is 0.723. The van der Waals surface area contributed by atoms with Crippen molar-refractivity contribution in [3.8, 4) is 0 Å². The molecule has 0 aromatic carbocycles. The van der Waals surface area contributed by atoms with E-state index in [-0.39, 0.29) is 19.0 Å². The molecular formula is C4H11N3O3. The Balaban J connectivity index is 0. The zero-order valence-electron chi connectivity index (χ0n) is 5.46. The molecule has 0 aromatic heterocycles. The van der Waals surface area contributed by atoms with Crippen molar-refractivity contribution in [1.29, 1.82) is 0 Å². The normalized spacial score (nSPS) is 7.70. The fourth-order valence-corrected chi connectivity index (χ4v) is 0.293. The van der Waals surface area contributed by atoms with E-state index < -0.39 is 11.8 Å². The molecule has 0 bridgehead atoms. The smallest absolute Gasteiger partial charge is 0.243 e. The van der Waals surface area contributed by atoms with Crippen molar-refractivity contribution in [2.45, 2.75) is 12.8 Å². The summed E-state index contributed by atoms with van der Waals surface area (Å²) in [6.07, 6.45) is -0.0990. The van der Waals surface area contributed by atoms with Crippen LogP contribution in [0.5, 0.6) is 0 Å². The molecule has 0 atom stereocenters. The summed E-state index contributed by atoms with van der Waals surface area (Å²) in [7, 11) is 0. The highest BCUT2D eigenvalue weighted by Crippen LogP contribution is 1.84. The Labute approximate surface area is 57.9 Å². The van der Waals surface area contributed by atoms with Gasteiger partial charge in [-0.05, 0) is 0 Å². The second-order valence-electron chi connectivity index (χ2n) is 1.50. The Bertz CT molecular complexity index is 125. The molecule has 0 heterocycles. The van der Waals surface area contributed by atoms with Crippen LogP contribution in [-0.2, 0) is 9.59 Å². The summed E-state index contributed by atoms with van der Waals surface area (Å²) in [6.45, 7) is 0. The van der Waals surface area contributed by atoms with Crippen LogP contribution in [0, 0.1) is 0 Å². The highest BCUT2D eigenvalue weighted by molar-refractivity contribution is 5.82. The summed E-state index contributed by atoms with van der Waals surface area (Å²) in [5.74, 6) is -1.16. The van der Waals surface area contributed by atoms with Gasteiger partial charge in [0.05, 0.1) is 0 Å². The molecule has 2 amide bonds. The van der Waals surface area contributed by atoms with Gasteiger partial charge in [-0.2, -0.15) is 0 Å². The monoisotopic (exact) mass is 149 g/mol. The Hall–Kier alpha value is -1.14. The van der Waals surface area contributed by atoms with Gasteiger partial charge in [0.2, 0.25) is 11.8 Å². The van der Waals surface area contributed by atoms with Crippen LogP contribution in [0.15, 0.2) is 0 Å². The summed E-state index contributed by atoms with van der Waals surface area (Å²) >= 11 is 0. The van der Waals surface area contributed by atoms with E-state index in [1.165, 1.54) is 5.48 Å². The number of rotatable bonds is 3. The fraction of sp³-hybridized carbons (Fsp3) is 0.500. The number of amides is 2. The highest BCUT2D eigenvalue weighted by Gasteiger charge is 2.00. The maximum absolute atomic E-state index is 10.1. The van der Waals surface area contributed by atoms with Gasteiger partial charge < -0.3 is 11.9 Å². The van der Waals surface area contributed by atoms with E-state index in [1.807, 2.05) is 0 Å². The summed E-state index contributed by atoms with van der Waals surface area (Å²) in [5, 5.41) is 7.90. The molecule has 0 fully saturated rings. The van der Waals surface area contributed by atoms with E-state index in [0.29, 0.717) is 0 Å². The zero-order valence-corrected chi connectivity index (χ0v) is 5.46. The van der Waals surface area contributed by atoms with Crippen molar-refractivity contribution < 1.29 is 14.8 Å². The standard InChI is InChI=1S/C4H8N2O3.H3N/c5-3(7)1-2-4(8)6-9;/h9H,1-2H2,(H2,5,7)(H,6,8);1H3. The number of hydroxylamine groups is 1. The maximum atomic E-state index is 10.1. The molecule has 0 aromatic rings. The van der Waals surface area contributed by atoms with Gasteiger partial charge in [0.15, 0.2) is 0 Å². The molecule has 0 radical (unpaired) electrons. The molecule has 0 saturated heterocycles. The van der Waals surface area contributed by atoms with Gasteiger partial charge in [0, 0.05) is 12.8 Å². The molecule has 7 N–H and O–H groups in total. The first-order valence-electron chi connectivity index (χ1n) is 2.38. The minimum Gasteiger partial charge on any atom is -0.370 e. The quantitative estimate of drug-likeness (QED) is 0.300. The maximum Gasteiger partial charge on any atom is 0.243 e. The Morgan fingerprint density at radius 1 is 1.40 bits per heavy atom. The zero-order chi connectivity index (χ0) is 7.28. The molecule has 0 aliphatic heterocycles. The minimum absolute atomic E-state index is 0. The van der Waals surface area contributed by atoms with Crippen LogP contribution in [0.25, 0.3) is 0 Å². The highest BCUT2D eigenvalue weighted by atomic mass is 16.5. The number of carbonyl (C=O) groups excluding carboxylic acids is 2. The van der Waals surface area contributed by atoms with Gasteiger partial charge in [-0.15, -0.1) is 0 Å². The Morgan fingerprint density at radius 2 is 1.90 bits per heavy atom. The molecule has 6 heteroatoms. The number of primary amides is 1. The largest absolute Gasteiger partial charge is 0.370 e. The van der Waals surface area contributed by atoms with Crippen molar-refractivity contribution in [2.24, 2.45) is 5.73 Å². The number of nitrogens with one attached hydrogen (secondary N) is 1. The summed E-state index contributed by atoms with van der Waals surface area (Å²) in [4.78, 5) is 20.1. The lowest BCUT2D eigenvalue weighted by Gasteiger charge is -1.92. The first kappa shape index (κ1) is 11.6. The first-order chi connectivity index (χ1) is 4.16. The Morgan fingerprint density at radius 3 is 2.20 bits per heavy atom. The molecule has 0 spiro atoms. The van der Waals surface area contributed by atoms with Crippen molar-refractivity contribution in [1.82, 2.24) is 11.6 Å². The van der Waals surface area contributed by atoms with Gasteiger partial charge in [-0.25, -0.2) is 5.48 Å². The molecule has 0 rings (SSSR count). The topological polar surface area (TPSA) is 127 Å². The molecule has 60 valence electrons. The molecule has 6 nitrogen and oxygen atoms in total. The van der Waals surface area contributed by atoms with E-state index in [9.17, 15) is 9.59 Å². The fourth-order valence-electron chi connectivity index (χ4n) is 0.293. The van der Waals surface area contributed by atoms with Crippen molar-refractivity contribution in [2.75, 3.05) is 0 Å². The summed E-state index contributed by atoms with van der Waals surface area (Å²) in [6, 6.07) is 0. The number of hydrogen-bond acceptors (Lipinski definition) is 4. The molecule has 0 saturated carbocycles. The number of nitrogens with two attached hydrogens (primary N) is 1. The lowest BCUT2D eigenvalue weighted by molar-refractivity contribution is -0.131. The molecule has 0 aliphatic rings.